The van der Waals surface area contributed by atoms with E-state index in [-0.39, 0.29) is 0 Å². The first kappa shape index (κ1) is 11.0. The zero-order valence-corrected chi connectivity index (χ0v) is 10.00. The highest BCUT2D eigenvalue weighted by molar-refractivity contribution is 5.82. The number of aryl methyl sites for hydroxylation is 1. The van der Waals surface area contributed by atoms with Crippen molar-refractivity contribution in [3.8, 4) is 0 Å². The van der Waals surface area contributed by atoms with E-state index >= 15 is 0 Å². The lowest BCUT2D eigenvalue weighted by Crippen LogP contribution is -2.02. The Morgan fingerprint density at radius 2 is 2.00 bits per heavy atom. The molecule has 1 aromatic carbocycles. The van der Waals surface area contributed by atoms with Crippen molar-refractivity contribution in [3.63, 3.8) is 0 Å². The van der Waals surface area contributed by atoms with Crippen molar-refractivity contribution in [2.45, 2.75) is 13.0 Å². The second kappa shape index (κ2) is 4.27. The predicted molar refractivity (Wildman–Crippen MR) is 69.2 cm³/mol. The van der Waals surface area contributed by atoms with E-state index in [1.54, 1.807) is 18.4 Å². The summed E-state index contributed by atoms with van der Waals surface area (Å²) in [5.41, 5.74) is 2.60. The maximum Gasteiger partial charge on any atom is 0.153 e. The van der Waals surface area contributed by atoms with Crippen LogP contribution in [0.15, 0.2) is 53.1 Å². The van der Waals surface area contributed by atoms with E-state index in [0.29, 0.717) is 11.5 Å². The molecule has 1 N–H and O–H groups in total. The first-order chi connectivity index (χ1) is 8.75. The maximum absolute atomic E-state index is 10.2. The number of aliphatic hydroxyl groups is 1. The Hall–Kier alpha value is -2.13. The van der Waals surface area contributed by atoms with Crippen molar-refractivity contribution >= 4 is 10.9 Å². The van der Waals surface area contributed by atoms with Crippen molar-refractivity contribution in [2.24, 2.45) is 0 Å². The van der Waals surface area contributed by atoms with Crippen molar-refractivity contribution in [1.82, 2.24) is 4.98 Å². The second-order valence-electron chi connectivity index (χ2n) is 4.30. The minimum atomic E-state index is -0.816. The van der Waals surface area contributed by atoms with E-state index in [9.17, 15) is 5.11 Å². The van der Waals surface area contributed by atoms with Gasteiger partial charge >= 0.3 is 0 Å². The van der Waals surface area contributed by atoms with Gasteiger partial charge in [-0.15, -0.1) is 0 Å². The van der Waals surface area contributed by atoms with Crippen molar-refractivity contribution in [1.29, 1.82) is 0 Å². The number of aliphatic hydroxyl groups excluding tert-OH is 1. The molecule has 2 aromatic heterocycles. The Bertz CT molecular complexity index is 674. The molecule has 18 heavy (non-hydrogen) atoms. The Labute approximate surface area is 105 Å². The number of hydrogen-bond donors (Lipinski definition) is 1. The van der Waals surface area contributed by atoms with Gasteiger partial charge in [-0.25, -0.2) is 4.98 Å². The summed E-state index contributed by atoms with van der Waals surface area (Å²) in [5.74, 6) is 0.511. The largest absolute Gasteiger partial charge is 0.466 e. The highest BCUT2D eigenvalue weighted by atomic mass is 16.4. The lowest BCUT2D eigenvalue weighted by Gasteiger charge is -2.10. The quantitative estimate of drug-likeness (QED) is 0.746. The summed E-state index contributed by atoms with van der Waals surface area (Å²) >= 11 is 0. The van der Waals surface area contributed by atoms with Crippen LogP contribution in [0.1, 0.15) is 23.1 Å². The summed E-state index contributed by atoms with van der Waals surface area (Å²) in [6.07, 6.45) is 0.732. The molecule has 0 aliphatic rings. The van der Waals surface area contributed by atoms with Crippen LogP contribution in [0.2, 0.25) is 0 Å². The molecule has 2 heterocycles. The van der Waals surface area contributed by atoms with Crippen LogP contribution >= 0.6 is 0 Å². The van der Waals surface area contributed by atoms with Gasteiger partial charge in [-0.05, 0) is 36.8 Å². The molecule has 0 radical (unpaired) electrons. The van der Waals surface area contributed by atoms with Crippen LogP contribution in [0.4, 0.5) is 0 Å². The van der Waals surface area contributed by atoms with Gasteiger partial charge in [-0.1, -0.05) is 18.2 Å². The molecule has 0 saturated heterocycles. The molecule has 0 saturated carbocycles. The van der Waals surface area contributed by atoms with Crippen molar-refractivity contribution in [2.75, 3.05) is 0 Å². The highest BCUT2D eigenvalue weighted by Gasteiger charge is 2.15. The molecular formula is C15H13NO2. The topological polar surface area (TPSA) is 46.3 Å². The fourth-order valence-electron chi connectivity index (χ4n) is 2.11. The summed E-state index contributed by atoms with van der Waals surface area (Å²) in [6, 6.07) is 13.3. The molecule has 0 bridgehead atoms. The van der Waals surface area contributed by atoms with Gasteiger partial charge in [0.1, 0.15) is 5.76 Å². The molecule has 3 nitrogen and oxygen atoms in total. The highest BCUT2D eigenvalue weighted by Crippen LogP contribution is 2.25. The molecule has 3 rings (SSSR count). The monoisotopic (exact) mass is 239 g/mol. The third kappa shape index (κ3) is 1.79. The van der Waals surface area contributed by atoms with Crippen LogP contribution in [-0.2, 0) is 0 Å². The number of nitrogens with zero attached hydrogens (tertiary/aromatic N) is 1. The maximum atomic E-state index is 10.2. The van der Waals surface area contributed by atoms with Gasteiger partial charge in [0.2, 0.25) is 0 Å². The van der Waals surface area contributed by atoms with E-state index in [2.05, 4.69) is 4.98 Å². The number of benzene rings is 1. The zero-order chi connectivity index (χ0) is 12.5. The number of hydrogen-bond acceptors (Lipinski definition) is 3. The molecule has 0 spiro atoms. The molecule has 3 heteroatoms. The average Bonchev–Trinajstić information content (AvgIpc) is 2.91. The van der Waals surface area contributed by atoms with Gasteiger partial charge in [-0.2, -0.15) is 0 Å². The van der Waals surface area contributed by atoms with Gasteiger partial charge in [0.15, 0.2) is 6.10 Å². The Morgan fingerprint density at radius 3 is 2.78 bits per heavy atom. The molecule has 0 amide bonds. The number of rotatable bonds is 2. The smallest absolute Gasteiger partial charge is 0.153 e. The van der Waals surface area contributed by atoms with Crippen LogP contribution in [0.3, 0.4) is 0 Å². The average molecular weight is 239 g/mol. The molecule has 3 aromatic rings. The molecule has 1 unspecified atom stereocenters. The SMILES string of the molecule is Cc1cc(C(O)c2ccco2)nc2ccccc12. The zero-order valence-electron chi connectivity index (χ0n) is 10.00. The van der Waals surface area contributed by atoms with Gasteiger partial charge in [-0.3, -0.25) is 0 Å². The first-order valence-electron chi connectivity index (χ1n) is 5.83. The predicted octanol–water partition coefficient (Wildman–Crippen LogP) is 3.22. The Kier molecular flexibility index (Phi) is 2.61. The fraction of sp³-hybridized carbons (Fsp3) is 0.133. The summed E-state index contributed by atoms with van der Waals surface area (Å²) in [7, 11) is 0. The molecule has 90 valence electrons. The summed E-state index contributed by atoms with van der Waals surface area (Å²) in [6.45, 7) is 2.02. The second-order valence-corrected chi connectivity index (χ2v) is 4.30. The normalized spacial score (nSPS) is 12.8. The van der Waals surface area contributed by atoms with Crippen molar-refractivity contribution < 1.29 is 9.52 Å². The lowest BCUT2D eigenvalue weighted by molar-refractivity contribution is 0.185. The number of pyridine rings is 1. The molecule has 0 aliphatic carbocycles. The van der Waals surface area contributed by atoms with Crippen LogP contribution < -0.4 is 0 Å². The van der Waals surface area contributed by atoms with Gasteiger partial charge in [0.25, 0.3) is 0 Å². The number of aromatic nitrogens is 1. The number of para-hydroxylation sites is 1. The fourth-order valence-corrected chi connectivity index (χ4v) is 2.11. The molecule has 0 fully saturated rings. The van der Waals surface area contributed by atoms with Crippen LogP contribution in [0, 0.1) is 6.92 Å². The van der Waals surface area contributed by atoms with Crippen LogP contribution in [0.25, 0.3) is 10.9 Å². The van der Waals surface area contributed by atoms with Crippen LogP contribution in [0.5, 0.6) is 0 Å². The standard InChI is InChI=1S/C15H13NO2/c1-10-9-13(15(17)14-7-4-8-18-14)16-12-6-3-2-5-11(10)12/h2-9,15,17H,1H3. The van der Waals surface area contributed by atoms with Crippen LogP contribution in [-0.4, -0.2) is 10.1 Å². The van der Waals surface area contributed by atoms with Crippen molar-refractivity contribution in [3.05, 3.63) is 65.7 Å². The van der Waals surface area contributed by atoms with Gasteiger partial charge in [0, 0.05) is 5.39 Å². The molecular weight excluding hydrogens is 226 g/mol. The van der Waals surface area contributed by atoms with Gasteiger partial charge in [0.05, 0.1) is 17.5 Å². The number of furan rings is 1. The lowest BCUT2D eigenvalue weighted by atomic mass is 10.1. The Balaban J connectivity index is 2.13. The molecule has 1 atom stereocenters. The van der Waals surface area contributed by atoms with E-state index in [4.69, 9.17) is 4.42 Å². The molecule has 0 aliphatic heterocycles. The number of fused-ring (bicyclic) bond motifs is 1. The summed E-state index contributed by atoms with van der Waals surface area (Å²) in [5, 5.41) is 11.3. The summed E-state index contributed by atoms with van der Waals surface area (Å²) in [4.78, 5) is 4.48. The summed E-state index contributed by atoms with van der Waals surface area (Å²) < 4.78 is 5.21. The van der Waals surface area contributed by atoms with E-state index in [1.807, 2.05) is 37.3 Å². The third-order valence-electron chi connectivity index (χ3n) is 3.04. The van der Waals surface area contributed by atoms with E-state index in [1.165, 1.54) is 0 Å². The Morgan fingerprint density at radius 1 is 1.17 bits per heavy atom. The van der Waals surface area contributed by atoms with E-state index in [0.717, 1.165) is 16.5 Å². The minimum absolute atomic E-state index is 0.511. The first-order valence-corrected chi connectivity index (χ1v) is 5.83. The third-order valence-corrected chi connectivity index (χ3v) is 3.04. The minimum Gasteiger partial charge on any atom is -0.466 e. The van der Waals surface area contributed by atoms with E-state index < -0.39 is 6.10 Å². The van der Waals surface area contributed by atoms with Gasteiger partial charge < -0.3 is 9.52 Å².